The molecule has 4 heteroatoms. The Hall–Kier alpha value is -0.811. The normalized spacial score (nSPS) is 14.1. The van der Waals surface area contributed by atoms with Gasteiger partial charge in [0.25, 0.3) is 0 Å². The second-order valence-corrected chi connectivity index (χ2v) is 22.4. The number of esters is 1. The van der Waals surface area contributed by atoms with Crippen LogP contribution in [0.2, 0.25) is 17.7 Å². The number of hydrogen-bond acceptors (Lipinski definition) is 3. The Bertz CT molecular complexity index is 563. The molecule has 0 heterocycles. The Morgan fingerprint density at radius 1 is 1.00 bits per heavy atom. The van der Waals surface area contributed by atoms with Gasteiger partial charge in [-0.2, -0.15) is 0 Å². The predicted octanol–water partition coefficient (Wildman–Crippen LogP) is 6.91. The first-order chi connectivity index (χ1) is 14.0. The number of methoxy groups -OCH3 is 1. The summed E-state index contributed by atoms with van der Waals surface area (Å²) >= 11 is -2.28. The third-order valence-corrected chi connectivity index (χ3v) is 21.3. The molecule has 0 amide bonds. The number of allylic oxidation sites excluding steroid dienone is 1. The zero-order chi connectivity index (χ0) is 21.5. The van der Waals surface area contributed by atoms with E-state index in [1.807, 2.05) is 36.4 Å². The van der Waals surface area contributed by atoms with Crippen LogP contribution in [0.4, 0.5) is 0 Å². The van der Waals surface area contributed by atoms with Crippen molar-refractivity contribution >= 4 is 24.3 Å². The second kappa shape index (κ2) is 15.1. The van der Waals surface area contributed by atoms with Crippen LogP contribution in [0.3, 0.4) is 0 Å². The number of carbonyl (C=O) groups excluding carboxylic acids is 1. The van der Waals surface area contributed by atoms with Crippen molar-refractivity contribution in [3.63, 3.8) is 0 Å². The number of hydrogen-bond donors (Lipinski definition) is 1. The van der Waals surface area contributed by atoms with Crippen LogP contribution >= 0.6 is 0 Å². The molecular weight excluding hydrogens is 467 g/mol. The molecule has 0 aliphatic carbocycles. The number of aliphatic hydroxyl groups is 1. The molecule has 0 bridgehead atoms. The SMILES string of the molecule is CCC[CH2][Sn]([CH2]/C=C/[C@@H](C(=O)OC)[C@@H](O)c1ccccc1)([CH2]CCC)[CH2]CCC. The molecular formula is C25H42O3Sn. The van der Waals surface area contributed by atoms with Crippen LogP contribution in [0.15, 0.2) is 42.5 Å². The van der Waals surface area contributed by atoms with E-state index in [-0.39, 0.29) is 5.97 Å². The fourth-order valence-electron chi connectivity index (χ4n) is 4.11. The van der Waals surface area contributed by atoms with Crippen molar-refractivity contribution in [2.24, 2.45) is 5.92 Å². The van der Waals surface area contributed by atoms with Crippen molar-refractivity contribution < 1.29 is 14.6 Å². The average Bonchev–Trinajstić information content (AvgIpc) is 2.77. The summed E-state index contributed by atoms with van der Waals surface area (Å²) in [5.74, 6) is -1.01. The zero-order valence-electron chi connectivity index (χ0n) is 19.0. The van der Waals surface area contributed by atoms with Crippen LogP contribution in [0.5, 0.6) is 0 Å². The Morgan fingerprint density at radius 2 is 1.52 bits per heavy atom. The van der Waals surface area contributed by atoms with Crippen molar-refractivity contribution in [2.45, 2.75) is 83.1 Å². The molecule has 3 nitrogen and oxygen atoms in total. The van der Waals surface area contributed by atoms with E-state index in [0.717, 1.165) is 5.56 Å². The van der Waals surface area contributed by atoms with Gasteiger partial charge in [0.15, 0.2) is 0 Å². The molecule has 1 aromatic rings. The number of benzene rings is 1. The molecule has 0 saturated heterocycles. The van der Waals surface area contributed by atoms with Crippen LogP contribution in [0.1, 0.15) is 71.0 Å². The van der Waals surface area contributed by atoms with Crippen LogP contribution in [-0.4, -0.2) is 36.6 Å². The molecule has 1 N–H and O–H groups in total. The fourth-order valence-corrected chi connectivity index (χ4v) is 19.3. The molecule has 29 heavy (non-hydrogen) atoms. The van der Waals surface area contributed by atoms with Crippen molar-refractivity contribution in [1.82, 2.24) is 0 Å². The van der Waals surface area contributed by atoms with Gasteiger partial charge in [-0.1, -0.05) is 0 Å². The van der Waals surface area contributed by atoms with Gasteiger partial charge in [0, 0.05) is 0 Å². The number of unbranched alkanes of at least 4 members (excludes halogenated alkanes) is 3. The van der Waals surface area contributed by atoms with Crippen molar-refractivity contribution in [3.05, 3.63) is 48.0 Å². The number of ether oxygens (including phenoxy) is 1. The first-order valence-electron chi connectivity index (χ1n) is 11.5. The van der Waals surface area contributed by atoms with E-state index in [2.05, 4.69) is 26.8 Å². The summed E-state index contributed by atoms with van der Waals surface area (Å²) in [6, 6.07) is 9.41. The summed E-state index contributed by atoms with van der Waals surface area (Å²) in [4.78, 5) is 12.4. The molecule has 0 radical (unpaired) electrons. The molecule has 0 unspecified atom stereocenters. The van der Waals surface area contributed by atoms with Gasteiger partial charge < -0.3 is 0 Å². The number of carbonyl (C=O) groups is 1. The van der Waals surface area contributed by atoms with E-state index in [1.165, 1.54) is 63.4 Å². The van der Waals surface area contributed by atoms with Gasteiger partial charge in [0.05, 0.1) is 0 Å². The minimum absolute atomic E-state index is 0.367. The molecule has 164 valence electrons. The molecule has 0 spiro atoms. The quantitative estimate of drug-likeness (QED) is 0.159. The average molecular weight is 509 g/mol. The maximum atomic E-state index is 12.4. The van der Waals surface area contributed by atoms with E-state index >= 15 is 0 Å². The molecule has 0 aliphatic rings. The first-order valence-corrected chi connectivity index (χ1v) is 19.6. The Labute approximate surface area is 182 Å². The zero-order valence-corrected chi connectivity index (χ0v) is 21.9. The topological polar surface area (TPSA) is 46.5 Å². The third kappa shape index (κ3) is 9.25. The molecule has 1 aromatic carbocycles. The third-order valence-electron chi connectivity index (χ3n) is 6.03. The summed E-state index contributed by atoms with van der Waals surface area (Å²) < 4.78 is 10.5. The molecule has 1 rings (SSSR count). The summed E-state index contributed by atoms with van der Waals surface area (Å²) in [5, 5.41) is 10.8. The number of aliphatic hydroxyl groups excluding tert-OH is 1. The fraction of sp³-hybridized carbons (Fsp3) is 0.640. The molecule has 0 aliphatic heterocycles. The van der Waals surface area contributed by atoms with Gasteiger partial charge in [-0.3, -0.25) is 0 Å². The summed E-state index contributed by atoms with van der Waals surface area (Å²) in [6.45, 7) is 6.86. The Balaban J connectivity index is 3.01. The van der Waals surface area contributed by atoms with Gasteiger partial charge in [-0.15, -0.1) is 0 Å². The Kier molecular flexibility index (Phi) is 13.6. The van der Waals surface area contributed by atoms with Gasteiger partial charge in [0.2, 0.25) is 0 Å². The van der Waals surface area contributed by atoms with Crippen molar-refractivity contribution in [3.8, 4) is 0 Å². The van der Waals surface area contributed by atoms with Crippen molar-refractivity contribution in [1.29, 1.82) is 0 Å². The van der Waals surface area contributed by atoms with Crippen LogP contribution in [0.25, 0.3) is 0 Å². The number of rotatable bonds is 15. The van der Waals surface area contributed by atoms with Gasteiger partial charge in [-0.25, -0.2) is 0 Å². The first kappa shape index (κ1) is 26.2. The predicted molar refractivity (Wildman–Crippen MR) is 126 cm³/mol. The molecule has 2 atom stereocenters. The maximum absolute atomic E-state index is 12.4. The standard InChI is InChI=1S/C13H15O3.3C4H9.Sn/c1-3-7-11(13(15)16-2)12(14)10-8-5-4-6-9-10;3*1-3-4-2;/h3-9,11-12,14H,1H2,2H3;3*1,3-4H2,2H3;/b7-3+;;;;/t11-,12+;;;;/m1..../s1. The van der Waals surface area contributed by atoms with E-state index in [9.17, 15) is 9.90 Å². The second-order valence-electron chi connectivity index (χ2n) is 8.35. The summed E-state index contributed by atoms with van der Waals surface area (Å²) in [5.41, 5.74) is 0.755. The van der Waals surface area contributed by atoms with Gasteiger partial charge in [-0.05, 0) is 0 Å². The van der Waals surface area contributed by atoms with Crippen LogP contribution < -0.4 is 0 Å². The molecule has 0 aromatic heterocycles. The van der Waals surface area contributed by atoms with Gasteiger partial charge in [0.1, 0.15) is 0 Å². The van der Waals surface area contributed by atoms with E-state index in [4.69, 9.17) is 4.74 Å². The van der Waals surface area contributed by atoms with E-state index in [1.54, 1.807) is 0 Å². The molecule has 0 saturated carbocycles. The van der Waals surface area contributed by atoms with Crippen LogP contribution in [0, 0.1) is 5.92 Å². The monoisotopic (exact) mass is 510 g/mol. The summed E-state index contributed by atoms with van der Waals surface area (Å²) in [6.07, 6.45) is 11.1. The summed E-state index contributed by atoms with van der Waals surface area (Å²) in [7, 11) is 1.40. The van der Waals surface area contributed by atoms with Gasteiger partial charge >= 0.3 is 183 Å². The Morgan fingerprint density at radius 3 is 1.97 bits per heavy atom. The molecule has 0 fully saturated rings. The van der Waals surface area contributed by atoms with E-state index in [0.29, 0.717) is 0 Å². The minimum atomic E-state index is -2.28. The van der Waals surface area contributed by atoms with Crippen molar-refractivity contribution in [2.75, 3.05) is 7.11 Å². The van der Waals surface area contributed by atoms with E-state index < -0.39 is 30.4 Å². The van der Waals surface area contributed by atoms with Crippen LogP contribution in [-0.2, 0) is 9.53 Å².